The molecule has 1 aromatic rings. The third-order valence-electron chi connectivity index (χ3n) is 5.09. The van der Waals surface area contributed by atoms with Crippen LogP contribution in [0.25, 0.3) is 0 Å². The SMILES string of the molecule is CCC1(C)NC(c2ccsc2)N(C(C)C2CCOC2)C1=O. The zero-order chi connectivity index (χ0) is 15.0. The number of amides is 1. The minimum Gasteiger partial charge on any atom is -0.381 e. The van der Waals surface area contributed by atoms with Gasteiger partial charge in [0.05, 0.1) is 12.1 Å². The molecule has 1 amide bonds. The molecular formula is C16H24N2O2S. The molecule has 2 aliphatic rings. The first kappa shape index (κ1) is 15.0. The Kier molecular flexibility index (Phi) is 4.08. The van der Waals surface area contributed by atoms with Gasteiger partial charge in [0, 0.05) is 18.6 Å². The van der Waals surface area contributed by atoms with E-state index in [-0.39, 0.29) is 18.1 Å². The molecule has 0 bridgehead atoms. The first-order valence-corrected chi connectivity index (χ1v) is 8.71. The van der Waals surface area contributed by atoms with Gasteiger partial charge in [0.2, 0.25) is 5.91 Å². The molecule has 3 rings (SSSR count). The molecular weight excluding hydrogens is 284 g/mol. The van der Waals surface area contributed by atoms with Gasteiger partial charge in [-0.25, -0.2) is 0 Å². The lowest BCUT2D eigenvalue weighted by Gasteiger charge is -2.33. The van der Waals surface area contributed by atoms with E-state index in [0.29, 0.717) is 5.92 Å². The Bertz CT molecular complexity index is 498. The Balaban J connectivity index is 1.91. The molecule has 3 heterocycles. The molecule has 0 aromatic carbocycles. The van der Waals surface area contributed by atoms with Crippen LogP contribution in [0.2, 0.25) is 0 Å². The fourth-order valence-corrected chi connectivity index (χ4v) is 4.02. The van der Waals surface area contributed by atoms with Crippen LogP contribution in [0.3, 0.4) is 0 Å². The lowest BCUT2D eigenvalue weighted by molar-refractivity contribution is -0.136. The highest BCUT2D eigenvalue weighted by Gasteiger charge is 2.50. The number of thiophene rings is 1. The molecule has 1 N–H and O–H groups in total. The summed E-state index contributed by atoms with van der Waals surface area (Å²) in [7, 11) is 0. The van der Waals surface area contributed by atoms with Crippen LogP contribution in [-0.4, -0.2) is 35.6 Å². The summed E-state index contributed by atoms with van der Waals surface area (Å²) in [5, 5.41) is 7.78. The number of ether oxygens (including phenoxy) is 1. The van der Waals surface area contributed by atoms with Crippen molar-refractivity contribution in [2.24, 2.45) is 5.92 Å². The smallest absolute Gasteiger partial charge is 0.244 e. The molecule has 5 heteroatoms. The van der Waals surface area contributed by atoms with Crippen molar-refractivity contribution in [1.82, 2.24) is 10.2 Å². The van der Waals surface area contributed by atoms with Crippen molar-refractivity contribution in [3.63, 3.8) is 0 Å². The van der Waals surface area contributed by atoms with Gasteiger partial charge in [-0.1, -0.05) is 6.92 Å². The van der Waals surface area contributed by atoms with E-state index in [2.05, 4.69) is 40.9 Å². The third-order valence-corrected chi connectivity index (χ3v) is 5.79. The topological polar surface area (TPSA) is 41.6 Å². The van der Waals surface area contributed by atoms with Gasteiger partial charge in [-0.3, -0.25) is 10.1 Å². The van der Waals surface area contributed by atoms with E-state index < -0.39 is 5.54 Å². The zero-order valence-electron chi connectivity index (χ0n) is 13.0. The minimum atomic E-state index is -0.458. The van der Waals surface area contributed by atoms with Crippen LogP contribution in [0, 0.1) is 5.92 Å². The van der Waals surface area contributed by atoms with Crippen molar-refractivity contribution >= 4 is 17.2 Å². The van der Waals surface area contributed by atoms with Gasteiger partial charge in [0.1, 0.15) is 6.17 Å². The van der Waals surface area contributed by atoms with Crippen molar-refractivity contribution in [2.75, 3.05) is 13.2 Å². The van der Waals surface area contributed by atoms with E-state index in [1.807, 2.05) is 6.92 Å². The number of nitrogens with one attached hydrogen (secondary N) is 1. The highest BCUT2D eigenvalue weighted by atomic mass is 32.1. The summed E-state index contributed by atoms with van der Waals surface area (Å²) in [5.74, 6) is 0.664. The van der Waals surface area contributed by atoms with Crippen LogP contribution in [0.15, 0.2) is 16.8 Å². The molecule has 4 atom stereocenters. The lowest BCUT2D eigenvalue weighted by atomic mass is 9.95. The van der Waals surface area contributed by atoms with Gasteiger partial charge in [-0.2, -0.15) is 11.3 Å². The van der Waals surface area contributed by atoms with Crippen molar-refractivity contribution in [3.8, 4) is 0 Å². The Morgan fingerprint density at radius 2 is 2.43 bits per heavy atom. The fraction of sp³-hybridized carbons (Fsp3) is 0.688. The first-order valence-electron chi connectivity index (χ1n) is 7.77. The quantitative estimate of drug-likeness (QED) is 0.930. The second kappa shape index (κ2) is 5.71. The molecule has 2 aliphatic heterocycles. The number of carbonyl (C=O) groups excluding carboxylic acids is 1. The van der Waals surface area contributed by atoms with Crippen molar-refractivity contribution in [2.45, 2.75) is 51.4 Å². The van der Waals surface area contributed by atoms with Crippen LogP contribution in [-0.2, 0) is 9.53 Å². The molecule has 0 spiro atoms. The largest absolute Gasteiger partial charge is 0.381 e. The molecule has 116 valence electrons. The summed E-state index contributed by atoms with van der Waals surface area (Å²) in [6.45, 7) is 7.84. The molecule has 4 unspecified atom stereocenters. The second-order valence-corrected chi connectivity index (χ2v) is 7.15. The third kappa shape index (κ3) is 2.51. The zero-order valence-corrected chi connectivity index (χ0v) is 13.8. The Morgan fingerprint density at radius 1 is 1.62 bits per heavy atom. The Morgan fingerprint density at radius 3 is 3.00 bits per heavy atom. The second-order valence-electron chi connectivity index (χ2n) is 6.37. The normalized spacial score (nSPS) is 34.6. The molecule has 2 saturated heterocycles. The molecule has 0 radical (unpaired) electrons. The van der Waals surface area contributed by atoms with E-state index in [1.165, 1.54) is 5.56 Å². The number of hydrogen-bond acceptors (Lipinski definition) is 4. The summed E-state index contributed by atoms with van der Waals surface area (Å²) in [5.41, 5.74) is 0.733. The molecule has 1 aromatic heterocycles. The van der Waals surface area contributed by atoms with Gasteiger partial charge >= 0.3 is 0 Å². The number of rotatable bonds is 4. The van der Waals surface area contributed by atoms with E-state index in [1.54, 1.807) is 11.3 Å². The van der Waals surface area contributed by atoms with E-state index >= 15 is 0 Å². The number of hydrogen-bond donors (Lipinski definition) is 1. The predicted octanol–water partition coefficient (Wildman–Crippen LogP) is 2.77. The Labute approximate surface area is 130 Å². The van der Waals surface area contributed by atoms with Crippen LogP contribution >= 0.6 is 11.3 Å². The lowest BCUT2D eigenvalue weighted by Crippen LogP contribution is -2.46. The minimum absolute atomic E-state index is 0.00991. The monoisotopic (exact) mass is 308 g/mol. The number of carbonyl (C=O) groups is 1. The van der Waals surface area contributed by atoms with Crippen LogP contribution < -0.4 is 5.32 Å². The molecule has 4 nitrogen and oxygen atoms in total. The molecule has 2 fully saturated rings. The summed E-state index contributed by atoms with van der Waals surface area (Å²) >= 11 is 1.68. The predicted molar refractivity (Wildman–Crippen MR) is 84.1 cm³/mol. The van der Waals surface area contributed by atoms with Crippen molar-refractivity contribution in [3.05, 3.63) is 22.4 Å². The number of nitrogens with zero attached hydrogens (tertiary/aromatic N) is 1. The molecule has 21 heavy (non-hydrogen) atoms. The Hall–Kier alpha value is -0.910. The maximum Gasteiger partial charge on any atom is 0.244 e. The van der Waals surface area contributed by atoms with Crippen molar-refractivity contribution in [1.29, 1.82) is 0 Å². The maximum atomic E-state index is 13.0. The summed E-state index contributed by atoms with van der Waals surface area (Å²) in [6, 6.07) is 2.31. The van der Waals surface area contributed by atoms with Gasteiger partial charge in [-0.15, -0.1) is 0 Å². The average Bonchev–Trinajstić information content (AvgIpc) is 3.20. The standard InChI is InChI=1S/C16H24N2O2S/c1-4-16(3)15(19)18(11(2)12-5-7-20-9-12)14(17-16)13-6-8-21-10-13/h6,8,10-12,14,17H,4-5,7,9H2,1-3H3. The van der Waals surface area contributed by atoms with Gasteiger partial charge < -0.3 is 9.64 Å². The van der Waals surface area contributed by atoms with Crippen LogP contribution in [0.4, 0.5) is 0 Å². The summed E-state index contributed by atoms with van der Waals surface area (Å²) in [6.07, 6.45) is 1.84. The van der Waals surface area contributed by atoms with Crippen LogP contribution in [0.5, 0.6) is 0 Å². The van der Waals surface area contributed by atoms with E-state index in [4.69, 9.17) is 4.74 Å². The van der Waals surface area contributed by atoms with Crippen LogP contribution in [0.1, 0.15) is 45.3 Å². The van der Waals surface area contributed by atoms with Gasteiger partial charge in [0.15, 0.2) is 0 Å². The van der Waals surface area contributed by atoms with Gasteiger partial charge in [0.25, 0.3) is 0 Å². The summed E-state index contributed by atoms with van der Waals surface area (Å²) < 4.78 is 5.52. The van der Waals surface area contributed by atoms with Gasteiger partial charge in [-0.05, 0) is 49.1 Å². The van der Waals surface area contributed by atoms with E-state index in [0.717, 1.165) is 26.1 Å². The fourth-order valence-electron chi connectivity index (χ4n) is 3.34. The average molecular weight is 308 g/mol. The highest BCUT2D eigenvalue weighted by molar-refractivity contribution is 7.07. The molecule has 0 aliphatic carbocycles. The first-order chi connectivity index (χ1) is 10.1. The highest BCUT2D eigenvalue weighted by Crippen LogP contribution is 2.37. The summed E-state index contributed by atoms with van der Waals surface area (Å²) in [4.78, 5) is 15.0. The maximum absolute atomic E-state index is 13.0. The van der Waals surface area contributed by atoms with Crippen molar-refractivity contribution < 1.29 is 9.53 Å². The molecule has 0 saturated carbocycles. The van der Waals surface area contributed by atoms with E-state index in [9.17, 15) is 4.79 Å².